The van der Waals surface area contributed by atoms with Crippen molar-refractivity contribution in [1.82, 2.24) is 9.97 Å². The molecule has 0 atom stereocenters. The third-order valence-electron chi connectivity index (χ3n) is 3.78. The molecule has 0 unspecified atom stereocenters. The van der Waals surface area contributed by atoms with E-state index in [-0.39, 0.29) is 6.03 Å². The Kier molecular flexibility index (Phi) is 3.31. The standard InChI is InChI=1S/C17H14N4OS/c1-11-2-3-13-9-21(17(22)19-14(13)8-11)15-10-23-16(20-15)12-4-6-18-7-5-12/h2-8,10H,9H2,1H3,(H,19,22). The summed E-state index contributed by atoms with van der Waals surface area (Å²) >= 11 is 1.52. The number of amides is 2. The zero-order chi connectivity index (χ0) is 15.8. The highest BCUT2D eigenvalue weighted by molar-refractivity contribution is 7.13. The van der Waals surface area contributed by atoms with Crippen LogP contribution < -0.4 is 10.2 Å². The lowest BCUT2D eigenvalue weighted by Crippen LogP contribution is -2.38. The first-order chi connectivity index (χ1) is 11.2. The number of carbonyl (C=O) groups is 1. The maximum atomic E-state index is 12.4. The van der Waals surface area contributed by atoms with E-state index >= 15 is 0 Å². The van der Waals surface area contributed by atoms with Crippen molar-refractivity contribution in [1.29, 1.82) is 0 Å². The lowest BCUT2D eigenvalue weighted by Gasteiger charge is -2.28. The summed E-state index contributed by atoms with van der Waals surface area (Å²) in [6.07, 6.45) is 3.48. The molecule has 1 aliphatic heterocycles. The molecular weight excluding hydrogens is 308 g/mol. The second kappa shape index (κ2) is 5.48. The van der Waals surface area contributed by atoms with Gasteiger partial charge in [0.15, 0.2) is 0 Å². The predicted octanol–water partition coefficient (Wildman–Crippen LogP) is 4.07. The minimum absolute atomic E-state index is 0.144. The van der Waals surface area contributed by atoms with Gasteiger partial charge in [0.1, 0.15) is 10.8 Å². The molecular formula is C17H14N4OS. The number of fused-ring (bicyclic) bond motifs is 1. The number of carbonyl (C=O) groups excluding carboxylic acids is 1. The van der Waals surface area contributed by atoms with Crippen LogP contribution >= 0.6 is 11.3 Å². The molecule has 23 heavy (non-hydrogen) atoms. The van der Waals surface area contributed by atoms with Gasteiger partial charge in [-0.2, -0.15) is 0 Å². The Bertz CT molecular complexity index is 875. The molecule has 0 radical (unpaired) electrons. The molecule has 1 aliphatic rings. The first-order valence-corrected chi connectivity index (χ1v) is 8.12. The van der Waals surface area contributed by atoms with Gasteiger partial charge in [-0.3, -0.25) is 9.88 Å². The van der Waals surface area contributed by atoms with E-state index in [9.17, 15) is 4.79 Å². The molecule has 3 heterocycles. The van der Waals surface area contributed by atoms with Crippen molar-refractivity contribution in [3.63, 3.8) is 0 Å². The van der Waals surface area contributed by atoms with E-state index in [1.54, 1.807) is 17.3 Å². The van der Waals surface area contributed by atoms with Crippen LogP contribution in [0.25, 0.3) is 10.6 Å². The zero-order valence-electron chi connectivity index (χ0n) is 12.5. The van der Waals surface area contributed by atoms with Gasteiger partial charge in [0, 0.05) is 29.0 Å². The zero-order valence-corrected chi connectivity index (χ0v) is 13.3. The summed E-state index contributed by atoms with van der Waals surface area (Å²) in [5, 5.41) is 5.73. The van der Waals surface area contributed by atoms with Crippen LogP contribution in [0.3, 0.4) is 0 Å². The number of pyridine rings is 1. The minimum atomic E-state index is -0.144. The van der Waals surface area contributed by atoms with Crippen LogP contribution in [0.2, 0.25) is 0 Å². The van der Waals surface area contributed by atoms with Gasteiger partial charge in [0.25, 0.3) is 0 Å². The molecule has 2 aromatic heterocycles. The van der Waals surface area contributed by atoms with Crippen molar-refractivity contribution in [2.45, 2.75) is 13.5 Å². The molecule has 0 spiro atoms. The monoisotopic (exact) mass is 322 g/mol. The molecule has 5 nitrogen and oxygen atoms in total. The Labute approximate surface area is 137 Å². The average molecular weight is 322 g/mol. The average Bonchev–Trinajstić information content (AvgIpc) is 3.05. The number of rotatable bonds is 2. The Morgan fingerprint density at radius 1 is 1.22 bits per heavy atom. The van der Waals surface area contributed by atoms with E-state index in [1.165, 1.54) is 11.3 Å². The first kappa shape index (κ1) is 13.9. The van der Waals surface area contributed by atoms with Crippen LogP contribution in [0.5, 0.6) is 0 Å². The number of benzene rings is 1. The van der Waals surface area contributed by atoms with E-state index in [2.05, 4.69) is 21.4 Å². The van der Waals surface area contributed by atoms with Crippen LogP contribution in [0, 0.1) is 6.92 Å². The molecule has 6 heteroatoms. The van der Waals surface area contributed by atoms with Gasteiger partial charge in [-0.25, -0.2) is 9.78 Å². The van der Waals surface area contributed by atoms with Crippen LogP contribution in [-0.4, -0.2) is 16.0 Å². The van der Waals surface area contributed by atoms with Crippen molar-refractivity contribution >= 4 is 28.9 Å². The molecule has 3 aromatic rings. The summed E-state index contributed by atoms with van der Waals surface area (Å²) in [4.78, 5) is 22.7. The van der Waals surface area contributed by atoms with Gasteiger partial charge in [0.05, 0.1) is 6.54 Å². The van der Waals surface area contributed by atoms with E-state index in [1.807, 2.05) is 36.6 Å². The number of thiazole rings is 1. The summed E-state index contributed by atoms with van der Waals surface area (Å²) in [7, 11) is 0. The van der Waals surface area contributed by atoms with E-state index in [0.717, 1.165) is 27.4 Å². The lowest BCUT2D eigenvalue weighted by atomic mass is 10.1. The van der Waals surface area contributed by atoms with E-state index in [0.29, 0.717) is 12.4 Å². The minimum Gasteiger partial charge on any atom is -0.307 e. The molecule has 1 N–H and O–H groups in total. The Morgan fingerprint density at radius 3 is 2.87 bits per heavy atom. The maximum Gasteiger partial charge on any atom is 0.327 e. The number of anilines is 2. The molecule has 114 valence electrons. The molecule has 0 aliphatic carbocycles. The first-order valence-electron chi connectivity index (χ1n) is 7.25. The van der Waals surface area contributed by atoms with Gasteiger partial charge in [-0.15, -0.1) is 11.3 Å². The van der Waals surface area contributed by atoms with Gasteiger partial charge >= 0.3 is 6.03 Å². The fourth-order valence-electron chi connectivity index (χ4n) is 2.57. The number of aromatic nitrogens is 2. The SMILES string of the molecule is Cc1ccc2c(c1)NC(=O)N(c1csc(-c3ccncc3)n1)C2. The van der Waals surface area contributed by atoms with Crippen molar-refractivity contribution in [3.8, 4) is 10.6 Å². The number of hydrogen-bond acceptors (Lipinski definition) is 4. The normalized spacial score (nSPS) is 13.6. The Morgan fingerprint density at radius 2 is 2.04 bits per heavy atom. The predicted molar refractivity (Wildman–Crippen MR) is 91.7 cm³/mol. The fourth-order valence-corrected chi connectivity index (χ4v) is 3.39. The smallest absolute Gasteiger partial charge is 0.307 e. The lowest BCUT2D eigenvalue weighted by molar-refractivity contribution is 0.256. The van der Waals surface area contributed by atoms with Gasteiger partial charge in [0.2, 0.25) is 0 Å². The van der Waals surface area contributed by atoms with Crippen LogP contribution in [0.1, 0.15) is 11.1 Å². The number of nitrogens with one attached hydrogen (secondary N) is 1. The highest BCUT2D eigenvalue weighted by Gasteiger charge is 2.25. The van der Waals surface area contributed by atoms with E-state index in [4.69, 9.17) is 0 Å². The van der Waals surface area contributed by atoms with Crippen molar-refractivity contribution in [2.75, 3.05) is 10.2 Å². The largest absolute Gasteiger partial charge is 0.327 e. The van der Waals surface area contributed by atoms with E-state index < -0.39 is 0 Å². The number of hydrogen-bond donors (Lipinski definition) is 1. The number of urea groups is 1. The molecule has 4 rings (SSSR count). The van der Waals surface area contributed by atoms with Crippen LogP contribution in [-0.2, 0) is 6.54 Å². The molecule has 2 amide bonds. The third-order valence-corrected chi connectivity index (χ3v) is 4.66. The fraction of sp³-hybridized carbons (Fsp3) is 0.118. The molecule has 0 saturated carbocycles. The van der Waals surface area contributed by atoms with Gasteiger partial charge in [-0.05, 0) is 36.2 Å². The van der Waals surface area contributed by atoms with Crippen molar-refractivity contribution in [3.05, 3.63) is 59.2 Å². The van der Waals surface area contributed by atoms with Gasteiger partial charge < -0.3 is 5.32 Å². The van der Waals surface area contributed by atoms with Gasteiger partial charge in [-0.1, -0.05) is 12.1 Å². The van der Waals surface area contributed by atoms with Crippen molar-refractivity contribution in [2.24, 2.45) is 0 Å². The maximum absolute atomic E-state index is 12.4. The summed E-state index contributed by atoms with van der Waals surface area (Å²) in [5.41, 5.74) is 4.11. The molecule has 0 saturated heterocycles. The summed E-state index contributed by atoms with van der Waals surface area (Å²) in [6.45, 7) is 2.54. The number of aryl methyl sites for hydroxylation is 1. The van der Waals surface area contributed by atoms with Crippen LogP contribution in [0.15, 0.2) is 48.1 Å². The second-order valence-electron chi connectivity index (χ2n) is 5.42. The molecule has 1 aromatic carbocycles. The summed E-state index contributed by atoms with van der Waals surface area (Å²) in [6, 6.07) is 9.78. The quantitative estimate of drug-likeness (QED) is 0.774. The number of nitrogens with zero attached hydrogens (tertiary/aromatic N) is 3. The van der Waals surface area contributed by atoms with Crippen molar-refractivity contribution < 1.29 is 4.79 Å². The highest BCUT2D eigenvalue weighted by atomic mass is 32.1. The Hall–Kier alpha value is -2.73. The second-order valence-corrected chi connectivity index (χ2v) is 6.28. The highest BCUT2D eigenvalue weighted by Crippen LogP contribution is 2.31. The molecule has 0 fully saturated rings. The molecule has 0 bridgehead atoms. The van der Waals surface area contributed by atoms with Crippen LogP contribution in [0.4, 0.5) is 16.3 Å². The Balaban J connectivity index is 1.65. The summed E-state index contributed by atoms with van der Waals surface area (Å²) in [5.74, 6) is 0.672. The third kappa shape index (κ3) is 2.57. The summed E-state index contributed by atoms with van der Waals surface area (Å²) < 4.78 is 0. The topological polar surface area (TPSA) is 58.1 Å².